The Bertz CT molecular complexity index is 578. The fourth-order valence-electron chi connectivity index (χ4n) is 1.95. The number of benzene rings is 2. The van der Waals surface area contributed by atoms with E-state index in [-0.39, 0.29) is 5.75 Å². The number of halogens is 1. The minimum atomic E-state index is -0.898. The second-order valence-corrected chi connectivity index (χ2v) is 4.75. The van der Waals surface area contributed by atoms with Gasteiger partial charge in [-0.3, -0.25) is 4.79 Å². The Labute approximate surface area is 116 Å². The number of phenolic OH excluding ortho intramolecular Hbond substituents is 1. The van der Waals surface area contributed by atoms with Crippen LogP contribution in [0.2, 0.25) is 5.02 Å². The number of hydrogen-bond donors (Lipinski definition) is 2. The van der Waals surface area contributed by atoms with Gasteiger partial charge in [-0.15, -0.1) is 0 Å². The minimum absolute atomic E-state index is 0.121. The number of rotatable bonds is 4. The summed E-state index contributed by atoms with van der Waals surface area (Å²) in [5.74, 6) is -1.43. The first-order valence-corrected chi connectivity index (χ1v) is 6.20. The standard InChI is InChI=1S/C15H13ClO3/c16-12-3-1-2-10(8-12)9-14(15(18)19)11-4-6-13(17)7-5-11/h1-8,14,17H,9H2,(H,18,19). The number of carboxylic acids is 1. The molecule has 98 valence electrons. The smallest absolute Gasteiger partial charge is 0.311 e. The van der Waals surface area contributed by atoms with Crippen molar-refractivity contribution >= 4 is 17.6 Å². The van der Waals surface area contributed by atoms with Crippen LogP contribution in [0, 0.1) is 0 Å². The molecule has 0 saturated heterocycles. The molecule has 0 bridgehead atoms. The average molecular weight is 277 g/mol. The van der Waals surface area contributed by atoms with Gasteiger partial charge in [0.15, 0.2) is 0 Å². The molecule has 4 heteroatoms. The van der Waals surface area contributed by atoms with Crippen molar-refractivity contribution in [3.05, 3.63) is 64.7 Å². The summed E-state index contributed by atoms with van der Waals surface area (Å²) in [6.07, 6.45) is 0.362. The van der Waals surface area contributed by atoms with E-state index in [1.54, 1.807) is 30.3 Å². The van der Waals surface area contributed by atoms with Crippen molar-refractivity contribution in [3.8, 4) is 5.75 Å². The predicted octanol–water partition coefficient (Wildman–Crippen LogP) is 3.46. The van der Waals surface area contributed by atoms with Crippen LogP contribution >= 0.6 is 11.6 Å². The van der Waals surface area contributed by atoms with Gasteiger partial charge in [-0.25, -0.2) is 0 Å². The Morgan fingerprint density at radius 1 is 1.16 bits per heavy atom. The number of carboxylic acid groups (broad SMARTS) is 1. The second kappa shape index (κ2) is 5.76. The van der Waals surface area contributed by atoms with E-state index in [9.17, 15) is 15.0 Å². The molecule has 2 aromatic rings. The van der Waals surface area contributed by atoms with E-state index in [4.69, 9.17) is 11.6 Å². The van der Waals surface area contributed by atoms with Crippen LogP contribution in [0.15, 0.2) is 48.5 Å². The maximum Gasteiger partial charge on any atom is 0.311 e. The lowest BCUT2D eigenvalue weighted by Crippen LogP contribution is -2.14. The van der Waals surface area contributed by atoms with E-state index in [0.717, 1.165) is 5.56 Å². The van der Waals surface area contributed by atoms with Crippen LogP contribution < -0.4 is 0 Å². The Kier molecular flexibility index (Phi) is 4.07. The molecule has 0 heterocycles. The molecule has 2 rings (SSSR count). The summed E-state index contributed by atoms with van der Waals surface area (Å²) < 4.78 is 0. The SMILES string of the molecule is O=C(O)C(Cc1cccc(Cl)c1)c1ccc(O)cc1. The van der Waals surface area contributed by atoms with Gasteiger partial charge in [-0.05, 0) is 41.8 Å². The van der Waals surface area contributed by atoms with Crippen molar-refractivity contribution in [3.63, 3.8) is 0 Å². The molecule has 0 fully saturated rings. The van der Waals surface area contributed by atoms with Crippen molar-refractivity contribution in [1.29, 1.82) is 0 Å². The second-order valence-electron chi connectivity index (χ2n) is 4.32. The zero-order valence-corrected chi connectivity index (χ0v) is 10.8. The van der Waals surface area contributed by atoms with Gasteiger partial charge in [0.2, 0.25) is 0 Å². The van der Waals surface area contributed by atoms with Crippen LogP contribution in [0.5, 0.6) is 5.75 Å². The molecule has 2 aromatic carbocycles. The third-order valence-corrected chi connectivity index (χ3v) is 3.16. The molecule has 0 aromatic heterocycles. The molecule has 3 nitrogen and oxygen atoms in total. The number of phenols is 1. The van der Waals surface area contributed by atoms with Crippen LogP contribution in [0.25, 0.3) is 0 Å². The molecule has 0 spiro atoms. The highest BCUT2D eigenvalue weighted by molar-refractivity contribution is 6.30. The predicted molar refractivity (Wildman–Crippen MR) is 73.6 cm³/mol. The first-order chi connectivity index (χ1) is 9.06. The Hall–Kier alpha value is -2.00. The average Bonchev–Trinajstić information content (AvgIpc) is 2.37. The Balaban J connectivity index is 2.26. The maximum absolute atomic E-state index is 11.4. The van der Waals surface area contributed by atoms with Crippen molar-refractivity contribution in [1.82, 2.24) is 0 Å². The molecule has 19 heavy (non-hydrogen) atoms. The topological polar surface area (TPSA) is 57.5 Å². The fraction of sp³-hybridized carbons (Fsp3) is 0.133. The van der Waals surface area contributed by atoms with E-state index in [0.29, 0.717) is 17.0 Å². The highest BCUT2D eigenvalue weighted by Gasteiger charge is 2.20. The first kappa shape index (κ1) is 13.4. The molecule has 0 radical (unpaired) electrons. The molecule has 0 aliphatic rings. The van der Waals surface area contributed by atoms with E-state index in [1.165, 1.54) is 12.1 Å². The molecule has 0 amide bonds. The molecule has 0 aliphatic carbocycles. The summed E-state index contributed by atoms with van der Waals surface area (Å²) in [6.45, 7) is 0. The van der Waals surface area contributed by atoms with Gasteiger partial charge in [0.25, 0.3) is 0 Å². The highest BCUT2D eigenvalue weighted by atomic mass is 35.5. The number of aromatic hydroxyl groups is 1. The van der Waals surface area contributed by atoms with Crippen molar-refractivity contribution in [2.75, 3.05) is 0 Å². The van der Waals surface area contributed by atoms with E-state index in [2.05, 4.69) is 0 Å². The minimum Gasteiger partial charge on any atom is -0.508 e. The lowest BCUT2D eigenvalue weighted by atomic mass is 9.92. The van der Waals surface area contributed by atoms with E-state index in [1.807, 2.05) is 6.07 Å². The zero-order valence-electron chi connectivity index (χ0n) is 10.1. The molecule has 1 atom stereocenters. The quantitative estimate of drug-likeness (QED) is 0.899. The summed E-state index contributed by atoms with van der Waals surface area (Å²) in [5.41, 5.74) is 1.53. The monoisotopic (exact) mass is 276 g/mol. The highest BCUT2D eigenvalue weighted by Crippen LogP contribution is 2.24. The van der Waals surface area contributed by atoms with Gasteiger partial charge >= 0.3 is 5.97 Å². The zero-order chi connectivity index (χ0) is 13.8. The Morgan fingerprint density at radius 3 is 2.42 bits per heavy atom. The van der Waals surface area contributed by atoms with Crippen molar-refractivity contribution in [2.24, 2.45) is 0 Å². The first-order valence-electron chi connectivity index (χ1n) is 5.82. The molecule has 1 unspecified atom stereocenters. The summed E-state index contributed by atoms with van der Waals surface area (Å²) in [4.78, 5) is 11.4. The number of hydrogen-bond acceptors (Lipinski definition) is 2. The molecule has 2 N–H and O–H groups in total. The normalized spacial score (nSPS) is 12.1. The summed E-state index contributed by atoms with van der Waals surface area (Å²) in [5, 5.41) is 19.2. The third kappa shape index (κ3) is 3.48. The maximum atomic E-state index is 11.4. The molecule has 0 saturated carbocycles. The summed E-state index contributed by atoms with van der Waals surface area (Å²) in [6, 6.07) is 13.4. The van der Waals surface area contributed by atoms with Crippen LogP contribution in [0.4, 0.5) is 0 Å². The van der Waals surface area contributed by atoms with E-state index < -0.39 is 11.9 Å². The summed E-state index contributed by atoms with van der Waals surface area (Å²) in [7, 11) is 0. The van der Waals surface area contributed by atoms with Crippen LogP contribution in [-0.2, 0) is 11.2 Å². The molecular weight excluding hydrogens is 264 g/mol. The number of carbonyl (C=O) groups is 1. The number of aliphatic carboxylic acids is 1. The van der Waals surface area contributed by atoms with Crippen molar-refractivity contribution in [2.45, 2.75) is 12.3 Å². The van der Waals surface area contributed by atoms with Gasteiger partial charge < -0.3 is 10.2 Å². The van der Waals surface area contributed by atoms with Crippen LogP contribution in [-0.4, -0.2) is 16.2 Å². The van der Waals surface area contributed by atoms with Gasteiger partial charge in [-0.1, -0.05) is 35.9 Å². The summed E-state index contributed by atoms with van der Waals surface area (Å²) >= 11 is 5.89. The lowest BCUT2D eigenvalue weighted by Gasteiger charge is -2.13. The lowest BCUT2D eigenvalue weighted by molar-refractivity contribution is -0.138. The van der Waals surface area contributed by atoms with Crippen LogP contribution in [0.1, 0.15) is 17.0 Å². The van der Waals surface area contributed by atoms with Gasteiger partial charge in [0.1, 0.15) is 5.75 Å². The molecular formula is C15H13ClO3. The Morgan fingerprint density at radius 2 is 1.84 bits per heavy atom. The molecule has 0 aliphatic heterocycles. The van der Waals surface area contributed by atoms with Gasteiger partial charge in [0, 0.05) is 5.02 Å². The van der Waals surface area contributed by atoms with Gasteiger partial charge in [-0.2, -0.15) is 0 Å². The largest absolute Gasteiger partial charge is 0.508 e. The fourth-order valence-corrected chi connectivity index (χ4v) is 2.17. The van der Waals surface area contributed by atoms with Gasteiger partial charge in [0.05, 0.1) is 5.92 Å². The van der Waals surface area contributed by atoms with E-state index >= 15 is 0 Å². The van der Waals surface area contributed by atoms with Crippen LogP contribution in [0.3, 0.4) is 0 Å². The van der Waals surface area contributed by atoms with Crippen molar-refractivity contribution < 1.29 is 15.0 Å². The third-order valence-electron chi connectivity index (χ3n) is 2.92.